The predicted octanol–water partition coefficient (Wildman–Crippen LogP) is 3.52. The molecule has 2 N–H and O–H groups in total. The first-order chi connectivity index (χ1) is 8.49. The van der Waals surface area contributed by atoms with E-state index in [1.807, 2.05) is 6.92 Å². The summed E-state index contributed by atoms with van der Waals surface area (Å²) in [6.45, 7) is 1.93. The van der Waals surface area contributed by atoms with Crippen LogP contribution in [0.2, 0.25) is 5.02 Å². The van der Waals surface area contributed by atoms with Crippen molar-refractivity contribution in [2.75, 3.05) is 0 Å². The Balaban J connectivity index is 2.35. The Morgan fingerprint density at radius 3 is 2.78 bits per heavy atom. The summed E-state index contributed by atoms with van der Waals surface area (Å²) in [5.74, 6) is -0.385. The number of phenolic OH excluding ortho intramolecular Hbond substituents is 2. The molecule has 1 atom stereocenters. The first-order valence-electron chi connectivity index (χ1n) is 5.95. The quantitative estimate of drug-likeness (QED) is 0.604. The van der Waals surface area contributed by atoms with Crippen LogP contribution in [-0.4, -0.2) is 16.0 Å². The second-order valence-electron chi connectivity index (χ2n) is 4.70. The minimum absolute atomic E-state index is 0.0613. The lowest BCUT2D eigenvalue weighted by atomic mass is 9.84. The standard InChI is InChI=1S/C14H15ClO3/c1-8-3-2-4-10(13(8)17)5-9-6-11(15)14(18)12(16)7-9/h5-8,16,18H,2-4H2,1H3/b10-5+/t8-/m0/s1. The van der Waals surface area contributed by atoms with Crippen LogP contribution >= 0.6 is 11.6 Å². The molecule has 4 heteroatoms. The number of phenols is 2. The van der Waals surface area contributed by atoms with E-state index in [-0.39, 0.29) is 28.2 Å². The van der Waals surface area contributed by atoms with Crippen molar-refractivity contribution < 1.29 is 15.0 Å². The normalized spacial score (nSPS) is 22.4. The van der Waals surface area contributed by atoms with E-state index in [9.17, 15) is 15.0 Å². The highest BCUT2D eigenvalue weighted by atomic mass is 35.5. The summed E-state index contributed by atoms with van der Waals surface area (Å²) in [5.41, 5.74) is 1.39. The molecule has 1 aromatic carbocycles. The smallest absolute Gasteiger partial charge is 0.176 e. The van der Waals surface area contributed by atoms with Crippen molar-refractivity contribution in [3.05, 3.63) is 28.3 Å². The predicted molar refractivity (Wildman–Crippen MR) is 70.8 cm³/mol. The van der Waals surface area contributed by atoms with Crippen LogP contribution in [-0.2, 0) is 4.79 Å². The highest BCUT2D eigenvalue weighted by Crippen LogP contribution is 2.35. The minimum Gasteiger partial charge on any atom is -0.504 e. The van der Waals surface area contributed by atoms with Gasteiger partial charge in [0.25, 0.3) is 0 Å². The number of Topliss-reactive ketones (excluding diaryl/α,β-unsaturated/α-hetero) is 1. The zero-order valence-corrected chi connectivity index (χ0v) is 10.9. The van der Waals surface area contributed by atoms with E-state index < -0.39 is 0 Å². The number of aromatic hydroxyl groups is 2. The largest absolute Gasteiger partial charge is 0.504 e. The van der Waals surface area contributed by atoms with Crippen LogP contribution in [0.15, 0.2) is 17.7 Å². The number of halogens is 1. The minimum atomic E-state index is -0.331. The van der Waals surface area contributed by atoms with Crippen molar-refractivity contribution >= 4 is 23.5 Å². The molecule has 1 aromatic rings. The maximum atomic E-state index is 12.0. The number of carbonyl (C=O) groups excluding carboxylic acids is 1. The lowest BCUT2D eigenvalue weighted by Gasteiger charge is -2.19. The molecule has 18 heavy (non-hydrogen) atoms. The van der Waals surface area contributed by atoms with Crippen molar-refractivity contribution in [2.45, 2.75) is 26.2 Å². The Labute approximate surface area is 111 Å². The van der Waals surface area contributed by atoms with Gasteiger partial charge >= 0.3 is 0 Å². The van der Waals surface area contributed by atoms with Gasteiger partial charge in [0, 0.05) is 5.92 Å². The Morgan fingerprint density at radius 2 is 2.11 bits per heavy atom. The number of hydrogen-bond acceptors (Lipinski definition) is 3. The molecule has 2 rings (SSSR count). The Bertz CT molecular complexity index is 497. The molecule has 0 radical (unpaired) electrons. The van der Waals surface area contributed by atoms with Crippen LogP contribution in [0, 0.1) is 5.92 Å². The lowest BCUT2D eigenvalue weighted by Crippen LogP contribution is -2.18. The van der Waals surface area contributed by atoms with Gasteiger partial charge in [0.2, 0.25) is 0 Å². The second-order valence-corrected chi connectivity index (χ2v) is 5.10. The van der Waals surface area contributed by atoms with Crippen molar-refractivity contribution in [3.63, 3.8) is 0 Å². The summed E-state index contributed by atoms with van der Waals surface area (Å²) < 4.78 is 0. The van der Waals surface area contributed by atoms with E-state index in [2.05, 4.69) is 0 Å². The molecular formula is C14H15ClO3. The van der Waals surface area contributed by atoms with Gasteiger partial charge in [-0.2, -0.15) is 0 Å². The third-order valence-corrected chi connectivity index (χ3v) is 3.54. The van der Waals surface area contributed by atoms with E-state index in [1.54, 1.807) is 6.08 Å². The second kappa shape index (κ2) is 5.02. The van der Waals surface area contributed by atoms with Crippen LogP contribution in [0.25, 0.3) is 6.08 Å². The highest BCUT2D eigenvalue weighted by Gasteiger charge is 2.22. The number of allylic oxidation sites excluding steroid dienone is 1. The van der Waals surface area contributed by atoms with Gasteiger partial charge in [-0.05, 0) is 48.6 Å². The molecule has 1 saturated carbocycles. The van der Waals surface area contributed by atoms with Gasteiger partial charge in [-0.25, -0.2) is 0 Å². The summed E-state index contributed by atoms with van der Waals surface area (Å²) in [7, 11) is 0. The summed E-state index contributed by atoms with van der Waals surface area (Å²) in [4.78, 5) is 12.0. The van der Waals surface area contributed by atoms with Gasteiger partial charge in [-0.1, -0.05) is 18.5 Å². The summed E-state index contributed by atoms with van der Waals surface area (Å²) >= 11 is 5.78. The van der Waals surface area contributed by atoms with Crippen molar-refractivity contribution in [2.24, 2.45) is 5.92 Å². The number of carbonyl (C=O) groups is 1. The average molecular weight is 267 g/mol. The fourth-order valence-corrected chi connectivity index (χ4v) is 2.43. The van der Waals surface area contributed by atoms with Crippen molar-refractivity contribution in [1.82, 2.24) is 0 Å². The Hall–Kier alpha value is -1.48. The summed E-state index contributed by atoms with van der Waals surface area (Å²) in [6.07, 6.45) is 4.42. The monoisotopic (exact) mass is 266 g/mol. The molecule has 0 saturated heterocycles. The first kappa shape index (κ1) is 13.0. The van der Waals surface area contributed by atoms with Gasteiger partial charge in [0.1, 0.15) is 0 Å². The Kier molecular flexibility index (Phi) is 3.62. The van der Waals surface area contributed by atoms with Gasteiger partial charge < -0.3 is 10.2 Å². The van der Waals surface area contributed by atoms with E-state index in [0.717, 1.165) is 24.8 Å². The third-order valence-electron chi connectivity index (χ3n) is 3.25. The molecule has 1 aliphatic rings. The SMILES string of the molecule is C[C@H]1CCC/C(=C\c2cc(O)c(O)c(Cl)c2)C1=O. The highest BCUT2D eigenvalue weighted by molar-refractivity contribution is 6.32. The molecule has 0 spiro atoms. The topological polar surface area (TPSA) is 57.5 Å². The number of ketones is 1. The number of rotatable bonds is 1. The summed E-state index contributed by atoms with van der Waals surface area (Å²) in [5, 5.41) is 18.9. The summed E-state index contributed by atoms with van der Waals surface area (Å²) in [6, 6.07) is 2.94. The molecule has 3 nitrogen and oxygen atoms in total. The molecule has 1 fully saturated rings. The van der Waals surface area contributed by atoms with Crippen LogP contribution in [0.3, 0.4) is 0 Å². The van der Waals surface area contributed by atoms with E-state index in [0.29, 0.717) is 5.56 Å². The number of benzene rings is 1. The molecule has 1 aliphatic carbocycles. The lowest BCUT2D eigenvalue weighted by molar-refractivity contribution is -0.119. The molecule has 0 bridgehead atoms. The zero-order chi connectivity index (χ0) is 13.3. The Morgan fingerprint density at radius 1 is 1.39 bits per heavy atom. The molecule has 0 heterocycles. The number of hydrogen-bond donors (Lipinski definition) is 2. The van der Waals surface area contributed by atoms with Crippen LogP contribution in [0.4, 0.5) is 0 Å². The average Bonchev–Trinajstić information content (AvgIpc) is 2.32. The molecule has 0 aromatic heterocycles. The molecular weight excluding hydrogens is 252 g/mol. The van der Waals surface area contributed by atoms with E-state index >= 15 is 0 Å². The van der Waals surface area contributed by atoms with Crippen LogP contribution in [0.1, 0.15) is 31.7 Å². The van der Waals surface area contributed by atoms with Gasteiger partial charge in [-0.15, -0.1) is 0 Å². The molecule has 0 amide bonds. The maximum absolute atomic E-state index is 12.0. The third kappa shape index (κ3) is 2.51. The molecule has 96 valence electrons. The van der Waals surface area contributed by atoms with Gasteiger partial charge in [0.05, 0.1) is 5.02 Å². The first-order valence-corrected chi connectivity index (χ1v) is 6.33. The fraction of sp³-hybridized carbons (Fsp3) is 0.357. The van der Waals surface area contributed by atoms with Crippen LogP contribution < -0.4 is 0 Å². The molecule has 0 unspecified atom stereocenters. The van der Waals surface area contributed by atoms with Crippen LogP contribution in [0.5, 0.6) is 11.5 Å². The van der Waals surface area contributed by atoms with E-state index in [4.69, 9.17) is 11.6 Å². The fourth-order valence-electron chi connectivity index (χ4n) is 2.20. The molecule has 0 aliphatic heterocycles. The van der Waals surface area contributed by atoms with Crippen molar-refractivity contribution in [1.29, 1.82) is 0 Å². The zero-order valence-electron chi connectivity index (χ0n) is 10.1. The maximum Gasteiger partial charge on any atom is 0.176 e. The van der Waals surface area contributed by atoms with E-state index in [1.165, 1.54) is 12.1 Å². The van der Waals surface area contributed by atoms with Gasteiger partial charge in [-0.3, -0.25) is 4.79 Å². The van der Waals surface area contributed by atoms with Crippen molar-refractivity contribution in [3.8, 4) is 11.5 Å². The van der Waals surface area contributed by atoms with Gasteiger partial charge in [0.15, 0.2) is 17.3 Å².